The van der Waals surface area contributed by atoms with Crippen LogP contribution in [0.3, 0.4) is 0 Å². The minimum absolute atomic E-state index is 0.0259. The van der Waals surface area contributed by atoms with Crippen molar-refractivity contribution in [3.8, 4) is 0 Å². The van der Waals surface area contributed by atoms with E-state index in [0.717, 1.165) is 11.8 Å². The third-order valence-electron chi connectivity index (χ3n) is 2.16. The molecule has 1 heterocycles. The van der Waals surface area contributed by atoms with E-state index in [1.165, 1.54) is 4.68 Å². The Labute approximate surface area is 103 Å². The van der Waals surface area contributed by atoms with E-state index in [9.17, 15) is 15.2 Å². The molecular formula is C9H15N3O4S. The summed E-state index contributed by atoms with van der Waals surface area (Å²) in [4.78, 5) is 10.4. The van der Waals surface area contributed by atoms with Crippen LogP contribution in [-0.2, 0) is 6.54 Å². The van der Waals surface area contributed by atoms with Gasteiger partial charge in [0, 0.05) is 12.3 Å². The Balaban J connectivity index is 2.98. The molecule has 0 aliphatic rings. The number of aliphatic hydroxyl groups is 2. The van der Waals surface area contributed by atoms with Gasteiger partial charge in [0.15, 0.2) is 5.03 Å². The van der Waals surface area contributed by atoms with E-state index in [1.807, 2.05) is 6.92 Å². The van der Waals surface area contributed by atoms with E-state index in [-0.39, 0.29) is 18.0 Å². The van der Waals surface area contributed by atoms with E-state index in [4.69, 9.17) is 5.11 Å². The molecule has 0 radical (unpaired) electrons. The fourth-order valence-corrected chi connectivity index (χ4v) is 2.48. The summed E-state index contributed by atoms with van der Waals surface area (Å²) in [7, 11) is 0. The van der Waals surface area contributed by atoms with Gasteiger partial charge < -0.3 is 10.2 Å². The van der Waals surface area contributed by atoms with Gasteiger partial charge in [-0.15, -0.1) is 0 Å². The Morgan fingerprint density at radius 3 is 2.76 bits per heavy atom. The molecule has 1 aromatic rings. The Hall–Kier alpha value is -1.12. The molecule has 0 aromatic carbocycles. The van der Waals surface area contributed by atoms with Crippen molar-refractivity contribution in [2.24, 2.45) is 0 Å². The van der Waals surface area contributed by atoms with Crippen molar-refractivity contribution in [1.29, 1.82) is 0 Å². The van der Waals surface area contributed by atoms with Gasteiger partial charge in [0.2, 0.25) is 0 Å². The number of hydrogen-bond donors (Lipinski definition) is 2. The summed E-state index contributed by atoms with van der Waals surface area (Å²) in [6, 6.07) is 0. The quantitative estimate of drug-likeness (QED) is 0.441. The topological polar surface area (TPSA) is 101 Å². The Bertz CT molecular complexity index is 407. The zero-order chi connectivity index (χ0) is 13.0. The molecule has 7 nitrogen and oxygen atoms in total. The Morgan fingerprint density at radius 2 is 2.29 bits per heavy atom. The molecule has 1 rings (SSSR count). The predicted molar refractivity (Wildman–Crippen MR) is 63.1 cm³/mol. The largest absolute Gasteiger partial charge is 0.394 e. The molecule has 0 amide bonds. The zero-order valence-corrected chi connectivity index (χ0v) is 10.5. The first-order chi connectivity index (χ1) is 8.01. The first kappa shape index (κ1) is 13.9. The second kappa shape index (κ2) is 5.99. The number of nitro groups is 1. The lowest BCUT2D eigenvalue weighted by Gasteiger charge is -2.07. The predicted octanol–water partition coefficient (Wildman–Crippen LogP) is 0.565. The average Bonchev–Trinajstić information content (AvgIpc) is 2.62. The molecule has 0 saturated carbocycles. The van der Waals surface area contributed by atoms with Crippen molar-refractivity contribution in [3.63, 3.8) is 0 Å². The third-order valence-corrected chi connectivity index (χ3v) is 3.38. The van der Waals surface area contributed by atoms with Crippen molar-refractivity contribution >= 4 is 17.4 Å². The summed E-state index contributed by atoms with van der Waals surface area (Å²) >= 11 is 1.13. The van der Waals surface area contributed by atoms with Gasteiger partial charge in [0.1, 0.15) is 5.69 Å². The third kappa shape index (κ3) is 3.18. The lowest BCUT2D eigenvalue weighted by Crippen LogP contribution is -2.15. The fourth-order valence-electron chi connectivity index (χ4n) is 1.35. The highest BCUT2D eigenvalue weighted by Gasteiger charge is 2.25. The van der Waals surface area contributed by atoms with Crippen molar-refractivity contribution in [3.05, 3.63) is 15.8 Å². The summed E-state index contributed by atoms with van der Waals surface area (Å²) in [5.41, 5.74) is 0.333. The van der Waals surface area contributed by atoms with E-state index >= 15 is 0 Å². The van der Waals surface area contributed by atoms with E-state index < -0.39 is 11.0 Å². The van der Waals surface area contributed by atoms with E-state index in [2.05, 4.69) is 5.10 Å². The highest BCUT2D eigenvalue weighted by Crippen LogP contribution is 2.32. The molecule has 0 fully saturated rings. The van der Waals surface area contributed by atoms with Gasteiger partial charge in [-0.05, 0) is 13.8 Å². The lowest BCUT2D eigenvalue weighted by atomic mass is 10.4. The molecule has 0 aliphatic heterocycles. The standard InChI is InChI=1S/C9H15N3O4S/c1-3-11-9(17-5-7(14)4-13)8(12(15)16)6(2)10-11/h7,13-14H,3-5H2,1-2H3. The summed E-state index contributed by atoms with van der Waals surface area (Å²) in [6.07, 6.45) is -0.889. The van der Waals surface area contributed by atoms with Gasteiger partial charge in [-0.3, -0.25) is 14.8 Å². The number of thioether (sulfide) groups is 1. The minimum atomic E-state index is -0.889. The summed E-state index contributed by atoms with van der Waals surface area (Å²) in [6.45, 7) is 3.58. The van der Waals surface area contributed by atoms with Gasteiger partial charge in [0.25, 0.3) is 0 Å². The van der Waals surface area contributed by atoms with Crippen LogP contribution in [0.2, 0.25) is 0 Å². The molecule has 17 heavy (non-hydrogen) atoms. The molecule has 0 bridgehead atoms. The van der Waals surface area contributed by atoms with Gasteiger partial charge in [-0.1, -0.05) is 11.8 Å². The summed E-state index contributed by atoms with van der Waals surface area (Å²) in [5.74, 6) is 0.197. The molecule has 1 aromatic heterocycles. The molecule has 96 valence electrons. The van der Waals surface area contributed by atoms with E-state index in [0.29, 0.717) is 17.3 Å². The number of nitrogens with zero attached hydrogens (tertiary/aromatic N) is 3. The van der Waals surface area contributed by atoms with Crippen LogP contribution in [0.15, 0.2) is 5.03 Å². The first-order valence-electron chi connectivity index (χ1n) is 5.14. The van der Waals surface area contributed by atoms with Crippen LogP contribution in [0.5, 0.6) is 0 Å². The average molecular weight is 261 g/mol. The van der Waals surface area contributed by atoms with Gasteiger partial charge in [-0.25, -0.2) is 0 Å². The Kier molecular flexibility index (Phi) is 4.91. The van der Waals surface area contributed by atoms with Gasteiger partial charge in [0.05, 0.1) is 17.6 Å². The van der Waals surface area contributed by atoms with Crippen LogP contribution < -0.4 is 0 Å². The van der Waals surface area contributed by atoms with Crippen LogP contribution in [0.25, 0.3) is 0 Å². The number of aliphatic hydroxyl groups excluding tert-OH is 2. The highest BCUT2D eigenvalue weighted by atomic mass is 32.2. The molecule has 0 saturated heterocycles. The summed E-state index contributed by atoms with van der Waals surface area (Å²) < 4.78 is 1.53. The Morgan fingerprint density at radius 1 is 1.65 bits per heavy atom. The van der Waals surface area contributed by atoms with Crippen molar-refractivity contribution in [2.45, 2.75) is 31.5 Å². The van der Waals surface area contributed by atoms with Crippen molar-refractivity contribution in [1.82, 2.24) is 9.78 Å². The number of hydrogen-bond acceptors (Lipinski definition) is 6. The second-order valence-corrected chi connectivity index (χ2v) is 4.47. The highest BCUT2D eigenvalue weighted by molar-refractivity contribution is 7.99. The number of aromatic nitrogens is 2. The molecule has 0 spiro atoms. The number of rotatable bonds is 6. The zero-order valence-electron chi connectivity index (χ0n) is 9.66. The maximum absolute atomic E-state index is 10.9. The van der Waals surface area contributed by atoms with Crippen molar-refractivity contribution < 1.29 is 15.1 Å². The van der Waals surface area contributed by atoms with Crippen LogP contribution in [0.4, 0.5) is 5.69 Å². The number of aryl methyl sites for hydroxylation is 2. The van der Waals surface area contributed by atoms with Crippen LogP contribution in [0.1, 0.15) is 12.6 Å². The van der Waals surface area contributed by atoms with Crippen LogP contribution in [0, 0.1) is 17.0 Å². The molecule has 2 N–H and O–H groups in total. The first-order valence-corrected chi connectivity index (χ1v) is 6.13. The van der Waals surface area contributed by atoms with Gasteiger partial charge >= 0.3 is 5.69 Å². The molecular weight excluding hydrogens is 246 g/mol. The summed E-state index contributed by atoms with van der Waals surface area (Å²) in [5, 5.41) is 33.3. The molecule has 1 atom stereocenters. The maximum Gasteiger partial charge on any atom is 0.323 e. The van der Waals surface area contributed by atoms with Crippen molar-refractivity contribution in [2.75, 3.05) is 12.4 Å². The molecule has 8 heteroatoms. The normalized spacial score (nSPS) is 12.7. The molecule has 1 unspecified atom stereocenters. The fraction of sp³-hybridized carbons (Fsp3) is 0.667. The maximum atomic E-state index is 10.9. The SMILES string of the molecule is CCn1nc(C)c([N+](=O)[O-])c1SCC(O)CO. The van der Waals surface area contributed by atoms with Gasteiger partial charge in [-0.2, -0.15) is 5.10 Å². The van der Waals surface area contributed by atoms with E-state index in [1.54, 1.807) is 6.92 Å². The smallest absolute Gasteiger partial charge is 0.323 e. The van der Waals surface area contributed by atoms with Crippen LogP contribution >= 0.6 is 11.8 Å². The monoisotopic (exact) mass is 261 g/mol. The second-order valence-electron chi connectivity index (χ2n) is 3.46. The molecule has 0 aliphatic carbocycles. The lowest BCUT2D eigenvalue weighted by molar-refractivity contribution is -0.388. The van der Waals surface area contributed by atoms with Crippen LogP contribution in [-0.4, -0.2) is 43.4 Å². The minimum Gasteiger partial charge on any atom is -0.394 e.